The maximum absolute atomic E-state index is 12.4. The van der Waals surface area contributed by atoms with E-state index in [-0.39, 0.29) is 6.03 Å². The number of rotatable bonds is 5. The Balaban J connectivity index is 1.49. The lowest BCUT2D eigenvalue weighted by atomic mass is 10.2. The first-order valence-corrected chi connectivity index (χ1v) is 9.30. The Labute approximate surface area is 150 Å². The topological polar surface area (TPSA) is 48.1 Å². The van der Waals surface area contributed by atoms with Crippen molar-refractivity contribution in [2.75, 3.05) is 64.8 Å². The van der Waals surface area contributed by atoms with E-state index in [1.807, 2.05) is 29.2 Å². The molecule has 0 bridgehead atoms. The number of urea groups is 1. The van der Waals surface area contributed by atoms with E-state index >= 15 is 0 Å². The monoisotopic (exact) mass is 346 g/mol. The second-order valence-electron chi connectivity index (χ2n) is 7.26. The van der Waals surface area contributed by atoms with Crippen LogP contribution in [-0.4, -0.2) is 80.2 Å². The normalized spacial score (nSPS) is 22.2. The number of carbonyl (C=O) groups excluding carboxylic acids is 1. The molecule has 3 rings (SSSR count). The molecule has 2 saturated heterocycles. The van der Waals surface area contributed by atoms with Crippen molar-refractivity contribution in [3.05, 3.63) is 24.3 Å². The van der Waals surface area contributed by atoms with Crippen LogP contribution in [0.2, 0.25) is 0 Å². The summed E-state index contributed by atoms with van der Waals surface area (Å²) in [5.41, 5.74) is 0.755. The summed E-state index contributed by atoms with van der Waals surface area (Å²) in [5, 5.41) is 3.01. The van der Waals surface area contributed by atoms with Gasteiger partial charge in [0.25, 0.3) is 0 Å². The molecule has 1 atom stereocenters. The van der Waals surface area contributed by atoms with Crippen LogP contribution in [0.5, 0.6) is 5.75 Å². The third kappa shape index (κ3) is 5.09. The molecule has 2 aliphatic heterocycles. The molecule has 25 heavy (non-hydrogen) atoms. The molecule has 1 aromatic rings. The summed E-state index contributed by atoms with van der Waals surface area (Å²) in [5.74, 6) is 1.33. The Kier molecular flexibility index (Phi) is 6.15. The average molecular weight is 346 g/mol. The van der Waals surface area contributed by atoms with Crippen LogP contribution in [0.4, 0.5) is 10.5 Å². The molecule has 1 aromatic carbocycles. The molecular formula is C19H30N4O2. The summed E-state index contributed by atoms with van der Waals surface area (Å²) in [7, 11) is 2.16. The van der Waals surface area contributed by atoms with Gasteiger partial charge >= 0.3 is 6.03 Å². The maximum atomic E-state index is 12.4. The predicted molar refractivity (Wildman–Crippen MR) is 100 cm³/mol. The van der Waals surface area contributed by atoms with Gasteiger partial charge in [-0.1, -0.05) is 19.1 Å². The number of para-hydroxylation sites is 2. The van der Waals surface area contributed by atoms with E-state index in [0.29, 0.717) is 12.5 Å². The Bertz CT molecular complexity index is 572. The Morgan fingerprint density at radius 1 is 1.20 bits per heavy atom. The van der Waals surface area contributed by atoms with Gasteiger partial charge in [-0.15, -0.1) is 0 Å². The van der Waals surface area contributed by atoms with Gasteiger partial charge in [0.05, 0.1) is 5.69 Å². The van der Waals surface area contributed by atoms with E-state index in [0.717, 1.165) is 63.7 Å². The number of hydrogen-bond donors (Lipinski definition) is 1. The molecule has 2 heterocycles. The highest BCUT2D eigenvalue weighted by molar-refractivity contribution is 5.91. The zero-order valence-corrected chi connectivity index (χ0v) is 15.4. The highest BCUT2D eigenvalue weighted by Crippen LogP contribution is 2.25. The van der Waals surface area contributed by atoms with Crippen LogP contribution in [-0.2, 0) is 0 Å². The lowest BCUT2D eigenvalue weighted by Crippen LogP contribution is -2.45. The van der Waals surface area contributed by atoms with Crippen molar-refractivity contribution in [2.45, 2.75) is 13.3 Å². The van der Waals surface area contributed by atoms with Crippen molar-refractivity contribution >= 4 is 11.7 Å². The minimum atomic E-state index is -0.0283. The molecule has 2 amide bonds. The maximum Gasteiger partial charge on any atom is 0.321 e. The van der Waals surface area contributed by atoms with Crippen molar-refractivity contribution in [3.8, 4) is 5.75 Å². The van der Waals surface area contributed by atoms with Crippen molar-refractivity contribution in [1.29, 1.82) is 0 Å². The van der Waals surface area contributed by atoms with Crippen LogP contribution in [0, 0.1) is 5.92 Å². The number of ether oxygens (including phenoxy) is 1. The van der Waals surface area contributed by atoms with Crippen LogP contribution < -0.4 is 10.1 Å². The largest absolute Gasteiger partial charge is 0.490 e. The van der Waals surface area contributed by atoms with E-state index in [4.69, 9.17) is 4.74 Å². The first kappa shape index (κ1) is 18.0. The van der Waals surface area contributed by atoms with Gasteiger partial charge in [0.1, 0.15) is 12.4 Å². The number of nitrogens with one attached hydrogen (secondary N) is 1. The van der Waals surface area contributed by atoms with Crippen LogP contribution in [0.3, 0.4) is 0 Å². The Hall–Kier alpha value is -1.79. The van der Waals surface area contributed by atoms with E-state index in [2.05, 4.69) is 29.1 Å². The standard InChI is InChI=1S/C19H30N4O2/c1-16-7-8-23(15-16)19(24)20-17-5-3-4-6-18(17)25-14-13-22-11-9-21(2)10-12-22/h3-6,16H,7-15H2,1-2H3,(H,20,24). The van der Waals surface area contributed by atoms with E-state index in [1.165, 1.54) is 0 Å². The number of anilines is 1. The van der Waals surface area contributed by atoms with Crippen molar-refractivity contribution < 1.29 is 9.53 Å². The zero-order valence-electron chi connectivity index (χ0n) is 15.4. The molecule has 0 aromatic heterocycles. The number of nitrogens with zero attached hydrogens (tertiary/aromatic N) is 3. The van der Waals surface area contributed by atoms with E-state index < -0.39 is 0 Å². The van der Waals surface area contributed by atoms with Gasteiger partial charge in [-0.2, -0.15) is 0 Å². The lowest BCUT2D eigenvalue weighted by Gasteiger charge is -2.32. The number of likely N-dealkylation sites (tertiary alicyclic amines) is 1. The molecule has 0 radical (unpaired) electrons. The molecule has 6 heteroatoms. The molecule has 1 unspecified atom stereocenters. The minimum Gasteiger partial charge on any atom is -0.490 e. The number of amides is 2. The lowest BCUT2D eigenvalue weighted by molar-refractivity contribution is 0.134. The van der Waals surface area contributed by atoms with Gasteiger partial charge in [0, 0.05) is 45.8 Å². The van der Waals surface area contributed by atoms with Gasteiger partial charge in [0.2, 0.25) is 0 Å². The predicted octanol–water partition coefficient (Wildman–Crippen LogP) is 2.19. The SMILES string of the molecule is CC1CCN(C(=O)Nc2ccccc2OCCN2CCN(C)CC2)C1. The van der Waals surface area contributed by atoms with Gasteiger partial charge in [-0.25, -0.2) is 4.79 Å². The molecule has 1 N–H and O–H groups in total. The second kappa shape index (κ2) is 8.54. The minimum absolute atomic E-state index is 0.0283. The molecule has 0 spiro atoms. The molecular weight excluding hydrogens is 316 g/mol. The smallest absolute Gasteiger partial charge is 0.321 e. The highest BCUT2D eigenvalue weighted by Gasteiger charge is 2.23. The zero-order chi connectivity index (χ0) is 17.6. The molecule has 0 aliphatic carbocycles. The highest BCUT2D eigenvalue weighted by atomic mass is 16.5. The second-order valence-corrected chi connectivity index (χ2v) is 7.26. The first-order chi connectivity index (χ1) is 12.1. The fraction of sp³-hybridized carbons (Fsp3) is 0.632. The number of likely N-dealkylation sites (N-methyl/N-ethyl adjacent to an activating group) is 1. The first-order valence-electron chi connectivity index (χ1n) is 9.30. The van der Waals surface area contributed by atoms with E-state index in [9.17, 15) is 4.79 Å². The van der Waals surface area contributed by atoms with Gasteiger partial charge in [-0.3, -0.25) is 4.90 Å². The molecule has 0 saturated carbocycles. The van der Waals surface area contributed by atoms with Crippen LogP contribution in [0.1, 0.15) is 13.3 Å². The number of hydrogen-bond acceptors (Lipinski definition) is 4. The molecule has 6 nitrogen and oxygen atoms in total. The fourth-order valence-electron chi connectivity index (χ4n) is 3.37. The van der Waals surface area contributed by atoms with E-state index in [1.54, 1.807) is 0 Å². The van der Waals surface area contributed by atoms with Crippen LogP contribution in [0.15, 0.2) is 24.3 Å². The fourth-order valence-corrected chi connectivity index (χ4v) is 3.37. The number of carbonyl (C=O) groups is 1. The third-order valence-corrected chi connectivity index (χ3v) is 5.10. The summed E-state index contributed by atoms with van der Waals surface area (Å²) in [6.07, 6.45) is 1.08. The summed E-state index contributed by atoms with van der Waals surface area (Å²) >= 11 is 0. The van der Waals surface area contributed by atoms with Gasteiger partial charge in [-0.05, 0) is 31.5 Å². The number of piperazine rings is 1. The van der Waals surface area contributed by atoms with Crippen molar-refractivity contribution in [1.82, 2.24) is 14.7 Å². The summed E-state index contributed by atoms with van der Waals surface area (Å²) < 4.78 is 5.96. The molecule has 2 aliphatic rings. The summed E-state index contributed by atoms with van der Waals surface area (Å²) in [6.45, 7) is 9.80. The van der Waals surface area contributed by atoms with Crippen LogP contribution >= 0.6 is 0 Å². The Morgan fingerprint density at radius 3 is 2.68 bits per heavy atom. The Morgan fingerprint density at radius 2 is 1.96 bits per heavy atom. The van der Waals surface area contributed by atoms with Crippen LogP contribution in [0.25, 0.3) is 0 Å². The van der Waals surface area contributed by atoms with Gasteiger partial charge in [0.15, 0.2) is 0 Å². The third-order valence-electron chi connectivity index (χ3n) is 5.10. The number of benzene rings is 1. The average Bonchev–Trinajstić information content (AvgIpc) is 3.05. The van der Waals surface area contributed by atoms with Gasteiger partial charge < -0.3 is 19.9 Å². The van der Waals surface area contributed by atoms with Crippen molar-refractivity contribution in [3.63, 3.8) is 0 Å². The molecule has 2 fully saturated rings. The quantitative estimate of drug-likeness (QED) is 0.888. The summed E-state index contributed by atoms with van der Waals surface area (Å²) in [4.78, 5) is 19.1. The molecule has 138 valence electrons. The van der Waals surface area contributed by atoms with Crippen molar-refractivity contribution in [2.24, 2.45) is 5.92 Å². The summed E-state index contributed by atoms with van der Waals surface area (Å²) in [6, 6.07) is 7.67.